The number of rotatable bonds is 6. The van der Waals surface area contributed by atoms with E-state index in [9.17, 15) is 9.59 Å². The van der Waals surface area contributed by atoms with Crippen molar-refractivity contribution in [2.24, 2.45) is 0 Å². The van der Waals surface area contributed by atoms with Crippen molar-refractivity contribution in [3.8, 4) is 5.75 Å². The number of aryl methyl sites for hydroxylation is 2. The predicted molar refractivity (Wildman–Crippen MR) is 99.9 cm³/mol. The zero-order chi connectivity index (χ0) is 18.2. The highest BCUT2D eigenvalue weighted by Gasteiger charge is 2.10. The van der Waals surface area contributed by atoms with Gasteiger partial charge in [-0.15, -0.1) is 11.8 Å². The molecule has 2 amide bonds. The van der Waals surface area contributed by atoms with E-state index < -0.39 is 0 Å². The number of carbonyl (C=O) groups excluding carboxylic acids is 2. The molecule has 0 aliphatic heterocycles. The smallest absolute Gasteiger partial charge is 0.269 e. The Balaban J connectivity index is 1.79. The molecule has 2 aromatic rings. The second kappa shape index (κ2) is 9.13. The number of thioether (sulfide) groups is 1. The van der Waals surface area contributed by atoms with Crippen LogP contribution in [0.1, 0.15) is 28.4 Å². The molecule has 132 valence electrons. The summed E-state index contributed by atoms with van der Waals surface area (Å²) in [5.41, 5.74) is 7.40. The van der Waals surface area contributed by atoms with Crippen molar-refractivity contribution < 1.29 is 14.3 Å². The third kappa shape index (κ3) is 5.83. The second-order valence-corrected chi connectivity index (χ2v) is 6.56. The van der Waals surface area contributed by atoms with Crippen LogP contribution in [0, 0.1) is 13.8 Å². The van der Waals surface area contributed by atoms with Gasteiger partial charge in [0, 0.05) is 10.5 Å². The number of hydrogen-bond acceptors (Lipinski definition) is 4. The summed E-state index contributed by atoms with van der Waals surface area (Å²) in [6.45, 7) is 6.38. The quantitative estimate of drug-likeness (QED) is 0.614. The summed E-state index contributed by atoms with van der Waals surface area (Å²) in [4.78, 5) is 25.0. The molecule has 0 heterocycles. The van der Waals surface area contributed by atoms with Crippen LogP contribution in [-0.2, 0) is 4.79 Å². The first-order valence-corrected chi connectivity index (χ1v) is 9.00. The fraction of sp³-hybridized carbons (Fsp3) is 0.263. The Kier molecular flexibility index (Phi) is 6.89. The van der Waals surface area contributed by atoms with E-state index in [1.54, 1.807) is 6.07 Å². The summed E-state index contributed by atoms with van der Waals surface area (Å²) in [5.74, 6) is 0.423. The van der Waals surface area contributed by atoms with Crippen LogP contribution in [0.3, 0.4) is 0 Å². The molecule has 0 saturated carbocycles. The normalized spacial score (nSPS) is 10.2. The van der Waals surface area contributed by atoms with Gasteiger partial charge in [-0.3, -0.25) is 20.4 Å². The molecule has 0 radical (unpaired) electrons. The maximum absolute atomic E-state index is 12.1. The molecule has 2 rings (SSSR count). The fourth-order valence-corrected chi connectivity index (χ4v) is 2.94. The maximum atomic E-state index is 12.1. The van der Waals surface area contributed by atoms with Crippen molar-refractivity contribution in [3.05, 3.63) is 59.2 Å². The van der Waals surface area contributed by atoms with Gasteiger partial charge in [0.2, 0.25) is 5.91 Å². The van der Waals surface area contributed by atoms with Crippen molar-refractivity contribution in [1.29, 1.82) is 0 Å². The van der Waals surface area contributed by atoms with Crippen molar-refractivity contribution in [2.75, 3.05) is 12.4 Å². The molecule has 0 unspecified atom stereocenters. The van der Waals surface area contributed by atoms with Crippen molar-refractivity contribution in [2.45, 2.75) is 25.7 Å². The Bertz CT molecular complexity index is 745. The van der Waals surface area contributed by atoms with E-state index in [0.717, 1.165) is 21.8 Å². The highest BCUT2D eigenvalue weighted by molar-refractivity contribution is 8.00. The lowest BCUT2D eigenvalue weighted by Gasteiger charge is -2.10. The molecule has 0 atom stereocenters. The summed E-state index contributed by atoms with van der Waals surface area (Å²) in [6, 6.07) is 13.1. The van der Waals surface area contributed by atoms with Crippen LogP contribution in [-0.4, -0.2) is 24.2 Å². The molecule has 0 bridgehead atoms. The second-order valence-electron chi connectivity index (χ2n) is 5.51. The minimum atomic E-state index is -0.322. The number of hydrogen-bond donors (Lipinski definition) is 2. The number of hydrazine groups is 1. The molecule has 6 heteroatoms. The van der Waals surface area contributed by atoms with E-state index in [-0.39, 0.29) is 17.6 Å². The fourth-order valence-electron chi connectivity index (χ4n) is 2.25. The standard InChI is InChI=1S/C19H22N2O3S/c1-4-24-15-6-8-16(9-7-15)25-12-18(22)20-21-19(23)17-10-5-13(2)11-14(17)3/h5-11H,4,12H2,1-3H3,(H,20,22)(H,21,23). The Morgan fingerprint density at radius 1 is 1.04 bits per heavy atom. The first-order valence-electron chi connectivity index (χ1n) is 8.01. The molecule has 25 heavy (non-hydrogen) atoms. The van der Waals surface area contributed by atoms with E-state index in [1.807, 2.05) is 57.2 Å². The highest BCUT2D eigenvalue weighted by atomic mass is 32.2. The van der Waals surface area contributed by atoms with Gasteiger partial charge >= 0.3 is 0 Å². The van der Waals surface area contributed by atoms with Crippen LogP contribution in [0.5, 0.6) is 5.75 Å². The minimum Gasteiger partial charge on any atom is -0.494 e. The maximum Gasteiger partial charge on any atom is 0.269 e. The molecule has 0 aliphatic rings. The molecule has 0 saturated heterocycles. The zero-order valence-electron chi connectivity index (χ0n) is 14.6. The van der Waals surface area contributed by atoms with Gasteiger partial charge in [0.05, 0.1) is 12.4 Å². The Morgan fingerprint density at radius 2 is 1.76 bits per heavy atom. The van der Waals surface area contributed by atoms with Gasteiger partial charge in [-0.05, 0) is 56.7 Å². The van der Waals surface area contributed by atoms with Gasteiger partial charge in [-0.25, -0.2) is 0 Å². The molecular formula is C19H22N2O3S. The first-order chi connectivity index (χ1) is 12.0. The minimum absolute atomic E-state index is 0.209. The average molecular weight is 358 g/mol. The third-order valence-electron chi connectivity index (χ3n) is 3.45. The van der Waals surface area contributed by atoms with Crippen LogP contribution in [0.4, 0.5) is 0 Å². The van der Waals surface area contributed by atoms with Crippen molar-refractivity contribution in [1.82, 2.24) is 10.9 Å². The van der Waals surface area contributed by atoms with Crippen molar-refractivity contribution >= 4 is 23.6 Å². The number of carbonyl (C=O) groups is 2. The van der Waals surface area contributed by atoms with E-state index >= 15 is 0 Å². The lowest BCUT2D eigenvalue weighted by Crippen LogP contribution is -2.42. The van der Waals surface area contributed by atoms with Gasteiger partial charge in [0.15, 0.2) is 0 Å². The Hall–Kier alpha value is -2.47. The van der Waals surface area contributed by atoms with Crippen LogP contribution in [0.2, 0.25) is 0 Å². The van der Waals surface area contributed by atoms with E-state index in [1.165, 1.54) is 11.8 Å². The molecule has 0 aliphatic carbocycles. The Morgan fingerprint density at radius 3 is 2.40 bits per heavy atom. The van der Waals surface area contributed by atoms with Crippen LogP contribution in [0.15, 0.2) is 47.4 Å². The average Bonchev–Trinajstić information content (AvgIpc) is 2.59. The molecule has 5 nitrogen and oxygen atoms in total. The van der Waals surface area contributed by atoms with Gasteiger partial charge in [-0.2, -0.15) is 0 Å². The predicted octanol–water partition coefficient (Wildman–Crippen LogP) is 3.26. The molecule has 2 N–H and O–H groups in total. The molecule has 0 fully saturated rings. The number of nitrogens with one attached hydrogen (secondary N) is 2. The number of benzene rings is 2. The van der Waals surface area contributed by atoms with Crippen LogP contribution < -0.4 is 15.6 Å². The van der Waals surface area contributed by atoms with Gasteiger partial charge < -0.3 is 4.74 Å². The highest BCUT2D eigenvalue weighted by Crippen LogP contribution is 2.21. The van der Waals surface area contributed by atoms with Gasteiger partial charge in [-0.1, -0.05) is 17.7 Å². The Labute approximate surface area is 152 Å². The molecule has 2 aromatic carbocycles. The summed E-state index contributed by atoms with van der Waals surface area (Å²) >= 11 is 1.39. The van der Waals surface area contributed by atoms with Crippen LogP contribution >= 0.6 is 11.8 Å². The largest absolute Gasteiger partial charge is 0.494 e. The molecule has 0 spiro atoms. The zero-order valence-corrected chi connectivity index (χ0v) is 15.4. The summed E-state index contributed by atoms with van der Waals surface area (Å²) in [7, 11) is 0. The summed E-state index contributed by atoms with van der Waals surface area (Å²) < 4.78 is 5.37. The topological polar surface area (TPSA) is 67.4 Å². The van der Waals surface area contributed by atoms with Crippen LogP contribution in [0.25, 0.3) is 0 Å². The monoisotopic (exact) mass is 358 g/mol. The SMILES string of the molecule is CCOc1ccc(SCC(=O)NNC(=O)c2ccc(C)cc2C)cc1. The first kappa shape index (κ1) is 18.9. The van der Waals surface area contributed by atoms with E-state index in [0.29, 0.717) is 12.2 Å². The summed E-state index contributed by atoms with van der Waals surface area (Å²) in [5, 5.41) is 0. The lowest BCUT2D eigenvalue weighted by atomic mass is 10.1. The number of ether oxygens (including phenoxy) is 1. The van der Waals surface area contributed by atoms with Gasteiger partial charge in [0.1, 0.15) is 5.75 Å². The molecule has 0 aromatic heterocycles. The summed E-state index contributed by atoms with van der Waals surface area (Å²) in [6.07, 6.45) is 0. The number of amides is 2. The van der Waals surface area contributed by atoms with Crippen molar-refractivity contribution in [3.63, 3.8) is 0 Å². The molecular weight excluding hydrogens is 336 g/mol. The third-order valence-corrected chi connectivity index (χ3v) is 4.46. The lowest BCUT2D eigenvalue weighted by molar-refractivity contribution is -0.119. The van der Waals surface area contributed by atoms with Gasteiger partial charge in [0.25, 0.3) is 5.91 Å². The van der Waals surface area contributed by atoms with E-state index in [2.05, 4.69) is 10.9 Å². The van der Waals surface area contributed by atoms with E-state index in [4.69, 9.17) is 4.74 Å².